The molecule has 0 atom stereocenters. The predicted octanol–water partition coefficient (Wildman–Crippen LogP) is 3.62. The molecule has 3 aromatic rings. The van der Waals surface area contributed by atoms with Gasteiger partial charge in [0.1, 0.15) is 12.6 Å². The smallest absolute Gasteiger partial charge is 0.340 e. The van der Waals surface area contributed by atoms with E-state index in [1.54, 1.807) is 24.4 Å². The quantitative estimate of drug-likeness (QED) is 0.312. The Labute approximate surface area is 238 Å². The number of aryl methyl sites for hydroxylation is 1. The third-order valence-corrected chi connectivity index (χ3v) is 6.99. The number of aromatic nitrogens is 2. The molecule has 5 rings (SSSR count). The van der Waals surface area contributed by atoms with Gasteiger partial charge in [-0.1, -0.05) is 12.1 Å². The fourth-order valence-electron chi connectivity index (χ4n) is 4.79. The monoisotopic (exact) mass is 556 g/mol. The van der Waals surface area contributed by atoms with Crippen molar-refractivity contribution in [1.29, 1.82) is 5.26 Å². The molecule has 0 unspecified atom stereocenters. The maximum Gasteiger partial charge on any atom is 0.340 e. The zero-order valence-corrected chi connectivity index (χ0v) is 22.9. The Morgan fingerprint density at radius 3 is 2.54 bits per heavy atom. The van der Waals surface area contributed by atoms with E-state index in [-0.39, 0.29) is 24.5 Å². The summed E-state index contributed by atoms with van der Waals surface area (Å²) in [6.07, 6.45) is 2.92. The number of hydrogen-bond acceptors (Lipinski definition) is 10. The Morgan fingerprint density at radius 2 is 1.80 bits per heavy atom. The number of rotatable bonds is 8. The van der Waals surface area contributed by atoms with Crippen LogP contribution in [0.2, 0.25) is 0 Å². The largest absolute Gasteiger partial charge is 0.459 e. The molecule has 41 heavy (non-hydrogen) atoms. The third-order valence-electron chi connectivity index (χ3n) is 6.99. The molecular formula is C30H32N6O5. The molecule has 11 heteroatoms. The molecule has 3 heterocycles. The number of nitrogens with one attached hydrogen (secondary N) is 2. The number of carbonyl (C=O) groups is 2. The molecule has 212 valence electrons. The summed E-state index contributed by atoms with van der Waals surface area (Å²) in [6, 6.07) is 14.5. The number of benzene rings is 2. The minimum absolute atomic E-state index is 0.0525. The van der Waals surface area contributed by atoms with Crippen molar-refractivity contribution in [1.82, 2.24) is 15.3 Å². The number of anilines is 3. The van der Waals surface area contributed by atoms with Crippen LogP contribution in [0, 0.1) is 18.3 Å². The van der Waals surface area contributed by atoms with Crippen molar-refractivity contribution < 1.29 is 23.8 Å². The zero-order chi connectivity index (χ0) is 28.6. The molecule has 11 nitrogen and oxygen atoms in total. The summed E-state index contributed by atoms with van der Waals surface area (Å²) < 4.78 is 16.8. The van der Waals surface area contributed by atoms with E-state index < -0.39 is 0 Å². The van der Waals surface area contributed by atoms with Crippen LogP contribution in [0.1, 0.15) is 39.1 Å². The van der Waals surface area contributed by atoms with Crippen molar-refractivity contribution in [2.75, 3.05) is 56.3 Å². The molecular weight excluding hydrogens is 524 g/mol. The van der Waals surface area contributed by atoms with Gasteiger partial charge in [-0.05, 0) is 42.8 Å². The number of morpholine rings is 1. The van der Waals surface area contributed by atoms with Crippen molar-refractivity contribution in [3.8, 4) is 17.3 Å². The first-order chi connectivity index (χ1) is 20.0. The second kappa shape index (κ2) is 13.2. The van der Waals surface area contributed by atoms with Crippen molar-refractivity contribution in [2.45, 2.75) is 25.9 Å². The van der Waals surface area contributed by atoms with Crippen LogP contribution in [0.15, 0.2) is 48.7 Å². The Morgan fingerprint density at radius 1 is 1.07 bits per heavy atom. The summed E-state index contributed by atoms with van der Waals surface area (Å²) in [4.78, 5) is 36.8. The molecule has 0 saturated carbocycles. The second-order valence-corrected chi connectivity index (χ2v) is 9.82. The van der Waals surface area contributed by atoms with Crippen LogP contribution >= 0.6 is 0 Å². The maximum absolute atomic E-state index is 13.4. The minimum Gasteiger partial charge on any atom is -0.459 e. The van der Waals surface area contributed by atoms with Crippen LogP contribution in [0.25, 0.3) is 11.3 Å². The number of nitriles is 1. The number of hydrogen-bond donors (Lipinski definition) is 2. The lowest BCUT2D eigenvalue weighted by molar-refractivity contribution is -0.0159. The van der Waals surface area contributed by atoms with Gasteiger partial charge in [0.25, 0.3) is 5.91 Å². The minimum atomic E-state index is -0.369. The van der Waals surface area contributed by atoms with Gasteiger partial charge >= 0.3 is 5.97 Å². The van der Waals surface area contributed by atoms with Crippen LogP contribution in [0.5, 0.6) is 0 Å². The Kier molecular flexibility index (Phi) is 9.03. The van der Waals surface area contributed by atoms with Gasteiger partial charge in [-0.25, -0.2) is 14.8 Å². The Balaban J connectivity index is 1.38. The van der Waals surface area contributed by atoms with Gasteiger partial charge < -0.3 is 29.7 Å². The van der Waals surface area contributed by atoms with Crippen LogP contribution < -0.4 is 15.5 Å². The van der Waals surface area contributed by atoms with Crippen LogP contribution in [0.3, 0.4) is 0 Å². The van der Waals surface area contributed by atoms with Gasteiger partial charge in [0.15, 0.2) is 0 Å². The van der Waals surface area contributed by atoms with Crippen molar-refractivity contribution in [3.05, 3.63) is 65.4 Å². The van der Waals surface area contributed by atoms with Gasteiger partial charge in [0, 0.05) is 48.9 Å². The topological polar surface area (TPSA) is 139 Å². The fourth-order valence-corrected chi connectivity index (χ4v) is 4.79. The van der Waals surface area contributed by atoms with Gasteiger partial charge in [0.2, 0.25) is 5.95 Å². The molecule has 2 N–H and O–H groups in total. The van der Waals surface area contributed by atoms with Crippen LogP contribution in [-0.2, 0) is 14.2 Å². The van der Waals surface area contributed by atoms with E-state index >= 15 is 0 Å². The first kappa shape index (κ1) is 28.0. The van der Waals surface area contributed by atoms with Crippen molar-refractivity contribution in [2.24, 2.45) is 0 Å². The second-order valence-electron chi connectivity index (χ2n) is 9.82. The molecule has 2 aliphatic rings. The first-order valence-corrected chi connectivity index (χ1v) is 13.6. The zero-order valence-electron chi connectivity index (χ0n) is 22.9. The fraction of sp³-hybridized carbons (Fsp3) is 0.367. The molecule has 0 radical (unpaired) electrons. The van der Waals surface area contributed by atoms with Gasteiger partial charge in [0.05, 0.1) is 49.4 Å². The first-order valence-electron chi connectivity index (χ1n) is 13.6. The molecule has 1 amide bonds. The predicted molar refractivity (Wildman–Crippen MR) is 152 cm³/mol. The lowest BCUT2D eigenvalue weighted by Crippen LogP contribution is -2.37. The number of carbonyl (C=O) groups excluding carboxylic acids is 2. The number of nitrogens with zero attached hydrogens (tertiary/aromatic N) is 4. The summed E-state index contributed by atoms with van der Waals surface area (Å²) in [7, 11) is 0. The van der Waals surface area contributed by atoms with Gasteiger partial charge in [-0.2, -0.15) is 5.26 Å². The maximum atomic E-state index is 13.4. The highest BCUT2D eigenvalue weighted by molar-refractivity contribution is 5.97. The Bertz CT molecular complexity index is 1430. The van der Waals surface area contributed by atoms with E-state index in [0.29, 0.717) is 80.8 Å². The summed E-state index contributed by atoms with van der Waals surface area (Å²) in [6.45, 7) is 5.60. The lowest BCUT2D eigenvalue weighted by atomic mass is 10.1. The Hall–Kier alpha value is -4.53. The standard InChI is InChI=1S/C30H32N6O5/c1-20-19-33-30(35-27(20)21-2-4-22(5-3-21)28(37)32-11-10-31)34-23-6-7-26(36-12-16-40-17-13-36)25(18-23)29(38)41-24-8-14-39-15-9-24/h2-7,18-19,24H,8-9,11-17H2,1H3,(H,32,37)(H,33,34,35). The molecule has 0 bridgehead atoms. The molecule has 2 aliphatic heterocycles. The van der Waals surface area contributed by atoms with E-state index in [4.69, 9.17) is 24.5 Å². The van der Waals surface area contributed by atoms with Gasteiger partial charge in [-0.15, -0.1) is 0 Å². The molecule has 2 aromatic carbocycles. The summed E-state index contributed by atoms with van der Waals surface area (Å²) in [5.41, 5.74) is 4.76. The number of amides is 1. The summed E-state index contributed by atoms with van der Waals surface area (Å²) in [5, 5.41) is 14.4. The van der Waals surface area contributed by atoms with E-state index in [1.807, 2.05) is 37.3 Å². The molecule has 2 saturated heterocycles. The van der Waals surface area contributed by atoms with Gasteiger partial charge in [-0.3, -0.25) is 4.79 Å². The average molecular weight is 557 g/mol. The molecule has 0 aliphatic carbocycles. The highest BCUT2D eigenvalue weighted by Crippen LogP contribution is 2.29. The molecule has 2 fully saturated rings. The van der Waals surface area contributed by atoms with Crippen LogP contribution in [-0.4, -0.2) is 74.0 Å². The lowest BCUT2D eigenvalue weighted by Gasteiger charge is -2.31. The average Bonchev–Trinajstić information content (AvgIpc) is 3.02. The molecule has 0 spiro atoms. The summed E-state index contributed by atoms with van der Waals surface area (Å²) in [5.74, 6) is -0.317. The summed E-state index contributed by atoms with van der Waals surface area (Å²) >= 11 is 0. The highest BCUT2D eigenvalue weighted by atomic mass is 16.6. The van der Waals surface area contributed by atoms with Crippen molar-refractivity contribution in [3.63, 3.8) is 0 Å². The highest BCUT2D eigenvalue weighted by Gasteiger charge is 2.24. The SMILES string of the molecule is Cc1cnc(Nc2ccc(N3CCOCC3)c(C(=O)OC3CCOCC3)c2)nc1-c1ccc(C(=O)NCC#N)cc1. The van der Waals surface area contributed by atoms with E-state index in [1.165, 1.54) is 0 Å². The van der Waals surface area contributed by atoms with Crippen molar-refractivity contribution >= 4 is 29.2 Å². The van der Waals surface area contributed by atoms with E-state index in [0.717, 1.165) is 16.8 Å². The van der Waals surface area contributed by atoms with Crippen LogP contribution in [0.4, 0.5) is 17.3 Å². The number of ether oxygens (including phenoxy) is 3. The normalized spacial score (nSPS) is 15.6. The van der Waals surface area contributed by atoms with E-state index in [2.05, 4.69) is 20.5 Å². The van der Waals surface area contributed by atoms with E-state index in [9.17, 15) is 9.59 Å². The third kappa shape index (κ3) is 6.98. The number of esters is 1. The molecule has 1 aromatic heterocycles.